The topological polar surface area (TPSA) is 32.6 Å². The van der Waals surface area contributed by atoms with E-state index in [0.717, 1.165) is 43.6 Å². The zero-order valence-corrected chi connectivity index (χ0v) is 15.8. The molecule has 0 radical (unpaired) electrons. The smallest absolute Gasteiger partial charge is 0.360 e. The molecule has 3 rings (SSSR count). The first-order valence-electron chi connectivity index (χ1n) is 9.24. The molecule has 0 bridgehead atoms. The zero-order valence-electron chi connectivity index (χ0n) is 15.0. The second-order valence-corrected chi connectivity index (χ2v) is 7.64. The molecule has 1 saturated carbocycles. The van der Waals surface area contributed by atoms with Crippen LogP contribution in [0.15, 0.2) is 18.3 Å². The maximum absolute atomic E-state index is 12.7. The van der Waals surface area contributed by atoms with Crippen molar-refractivity contribution in [1.29, 1.82) is 0 Å². The summed E-state index contributed by atoms with van der Waals surface area (Å²) in [5.41, 5.74) is -0.660. The second-order valence-electron chi connectivity index (χ2n) is 7.25. The molecule has 1 aliphatic heterocycles. The third-order valence-corrected chi connectivity index (χ3v) is 5.83. The molecule has 0 spiro atoms. The van der Waals surface area contributed by atoms with Crippen LogP contribution in [0.4, 0.5) is 19.0 Å². The third kappa shape index (κ3) is 4.58. The average molecular weight is 387 g/mol. The van der Waals surface area contributed by atoms with E-state index in [2.05, 4.69) is 27.0 Å². The molecule has 2 atom stereocenters. The van der Waals surface area contributed by atoms with Gasteiger partial charge in [0.2, 0.25) is 0 Å². The predicted molar refractivity (Wildman–Crippen MR) is 98.9 cm³/mol. The lowest BCUT2D eigenvalue weighted by Crippen LogP contribution is -2.55. The van der Waals surface area contributed by atoms with Gasteiger partial charge in [-0.15, -0.1) is 0 Å². The van der Waals surface area contributed by atoms with Gasteiger partial charge in [0, 0.05) is 12.1 Å². The van der Waals surface area contributed by atoms with Crippen molar-refractivity contribution in [2.24, 2.45) is 5.92 Å². The molecule has 2 N–H and O–H groups in total. The zero-order chi connectivity index (χ0) is 18.7. The Morgan fingerprint density at radius 1 is 1.15 bits per heavy atom. The van der Waals surface area contributed by atoms with Crippen molar-refractivity contribution in [2.75, 3.05) is 31.1 Å². The Morgan fingerprint density at radius 2 is 1.85 bits per heavy atom. The molecule has 1 aliphatic carbocycles. The molecule has 1 saturated heterocycles. The van der Waals surface area contributed by atoms with Crippen LogP contribution in [0.3, 0.4) is 0 Å². The summed E-state index contributed by atoms with van der Waals surface area (Å²) in [4.78, 5) is 6.99. The minimum atomic E-state index is -4.32. The third-order valence-electron chi connectivity index (χ3n) is 5.45. The van der Waals surface area contributed by atoms with Crippen LogP contribution in [0.25, 0.3) is 0 Å². The minimum absolute atomic E-state index is 0.456. The lowest BCUT2D eigenvalue weighted by atomic mass is 9.86. The Kier molecular flexibility index (Phi) is 5.89. The summed E-state index contributed by atoms with van der Waals surface area (Å²) in [7, 11) is 0. The van der Waals surface area contributed by atoms with Crippen molar-refractivity contribution in [3.63, 3.8) is 0 Å². The number of nitrogens with one attached hydrogen (secondary N) is 2. The first kappa shape index (κ1) is 19.2. The maximum atomic E-state index is 12.7. The number of hydrogen-bond donors (Lipinski definition) is 1. The number of aromatic amines is 1. The number of piperazine rings is 1. The minimum Gasteiger partial charge on any atom is -0.360 e. The van der Waals surface area contributed by atoms with E-state index >= 15 is 0 Å². The Morgan fingerprint density at radius 3 is 2.42 bits per heavy atom. The van der Waals surface area contributed by atoms with E-state index in [4.69, 9.17) is 12.2 Å². The molecular formula is C18H26F3N4S+. The van der Waals surface area contributed by atoms with Crippen LogP contribution in [-0.4, -0.2) is 42.2 Å². The van der Waals surface area contributed by atoms with Gasteiger partial charge < -0.3 is 10.2 Å². The quantitative estimate of drug-likeness (QED) is 0.791. The van der Waals surface area contributed by atoms with E-state index in [9.17, 15) is 13.2 Å². The first-order valence-corrected chi connectivity index (χ1v) is 9.65. The number of hydrogen-bond acceptors (Lipinski definition) is 2. The van der Waals surface area contributed by atoms with E-state index in [-0.39, 0.29) is 0 Å². The van der Waals surface area contributed by atoms with Crippen LogP contribution in [-0.2, 0) is 6.18 Å². The Balaban J connectivity index is 1.51. The first-order chi connectivity index (χ1) is 12.3. The highest BCUT2D eigenvalue weighted by molar-refractivity contribution is 7.80. The van der Waals surface area contributed by atoms with Crippen LogP contribution in [0.1, 0.15) is 38.2 Å². The number of pyridine rings is 1. The lowest BCUT2D eigenvalue weighted by Gasteiger charge is -2.36. The SMILES string of the molecule is C[C@@H]1CCCC[C@H]1NC(=S)N1CCN(c2ccc(C(F)(F)F)c[nH+]2)CC1. The molecule has 1 aromatic heterocycles. The summed E-state index contributed by atoms with van der Waals surface area (Å²) in [6, 6.07) is 3.07. The molecule has 4 nitrogen and oxygen atoms in total. The van der Waals surface area contributed by atoms with E-state index < -0.39 is 11.7 Å². The average Bonchev–Trinajstić information content (AvgIpc) is 2.63. The van der Waals surface area contributed by atoms with Crippen LogP contribution >= 0.6 is 12.2 Å². The van der Waals surface area contributed by atoms with Crippen LogP contribution in [0.2, 0.25) is 0 Å². The van der Waals surface area contributed by atoms with E-state index in [0.29, 0.717) is 17.8 Å². The van der Waals surface area contributed by atoms with Crippen LogP contribution < -0.4 is 15.2 Å². The van der Waals surface area contributed by atoms with E-state index in [1.165, 1.54) is 31.7 Å². The summed E-state index contributed by atoms with van der Waals surface area (Å²) in [5.74, 6) is 1.35. The number of rotatable bonds is 2. The van der Waals surface area contributed by atoms with Crippen LogP contribution in [0, 0.1) is 5.92 Å². The van der Waals surface area contributed by atoms with Gasteiger partial charge in [0.25, 0.3) is 5.82 Å². The summed E-state index contributed by atoms with van der Waals surface area (Å²) >= 11 is 5.58. The summed E-state index contributed by atoms with van der Waals surface area (Å²) in [6.07, 6.45) is 1.68. The number of H-pyrrole nitrogens is 1. The van der Waals surface area contributed by atoms with Crippen molar-refractivity contribution in [1.82, 2.24) is 10.2 Å². The van der Waals surface area contributed by atoms with Gasteiger partial charge in [-0.05, 0) is 37.0 Å². The lowest BCUT2D eigenvalue weighted by molar-refractivity contribution is -0.367. The molecule has 2 fully saturated rings. The van der Waals surface area contributed by atoms with Crippen molar-refractivity contribution < 1.29 is 18.2 Å². The Bertz CT molecular complexity index is 612. The molecule has 0 amide bonds. The highest BCUT2D eigenvalue weighted by atomic mass is 32.1. The number of thiocarbonyl (C=S) groups is 1. The molecule has 8 heteroatoms. The van der Waals surface area contributed by atoms with Gasteiger partial charge in [0.1, 0.15) is 19.3 Å². The molecule has 0 unspecified atom stereocenters. The maximum Gasteiger partial charge on any atom is 0.419 e. The fourth-order valence-corrected chi connectivity index (χ4v) is 4.05. The summed E-state index contributed by atoms with van der Waals surface area (Å²) in [5, 5.41) is 4.33. The molecule has 144 valence electrons. The molecule has 2 heterocycles. The van der Waals surface area contributed by atoms with Crippen LogP contribution in [0.5, 0.6) is 0 Å². The van der Waals surface area contributed by atoms with E-state index in [1.54, 1.807) is 0 Å². The number of aromatic nitrogens is 1. The van der Waals surface area contributed by atoms with Gasteiger partial charge >= 0.3 is 6.18 Å². The van der Waals surface area contributed by atoms with Crippen molar-refractivity contribution >= 4 is 23.1 Å². The highest BCUT2D eigenvalue weighted by Crippen LogP contribution is 2.28. The summed E-state index contributed by atoms with van der Waals surface area (Å²) in [6.45, 7) is 5.26. The molecule has 2 aliphatic rings. The standard InChI is InChI=1S/C18H25F3N4S/c1-13-4-2-3-5-15(13)23-17(26)25-10-8-24(9-11-25)16-7-6-14(12-22-16)18(19,20)21/h6-7,12-13,15H,2-5,8-11H2,1H3,(H,23,26)/p+1/t13-,15-/m1/s1. The largest absolute Gasteiger partial charge is 0.419 e. The molecular weight excluding hydrogens is 361 g/mol. The Labute approximate surface area is 157 Å². The normalized spacial score (nSPS) is 24.5. The molecule has 26 heavy (non-hydrogen) atoms. The van der Waals surface area contributed by atoms with E-state index in [1.807, 2.05) is 0 Å². The number of anilines is 1. The molecule has 1 aromatic rings. The fourth-order valence-electron chi connectivity index (χ4n) is 3.72. The predicted octanol–water partition coefficient (Wildman–Crippen LogP) is 3.09. The van der Waals surface area contributed by atoms with Gasteiger partial charge in [-0.2, -0.15) is 13.2 Å². The highest BCUT2D eigenvalue weighted by Gasteiger charge is 2.33. The van der Waals surface area contributed by atoms with Gasteiger partial charge in [-0.25, -0.2) is 4.98 Å². The monoisotopic (exact) mass is 387 g/mol. The number of nitrogens with zero attached hydrogens (tertiary/aromatic N) is 2. The number of alkyl halides is 3. The van der Waals surface area contributed by atoms with Gasteiger partial charge in [0.05, 0.1) is 18.7 Å². The molecule has 0 aromatic carbocycles. The summed E-state index contributed by atoms with van der Waals surface area (Å²) < 4.78 is 38.0. The van der Waals surface area contributed by atoms with Gasteiger partial charge in [-0.1, -0.05) is 19.8 Å². The second kappa shape index (κ2) is 7.98. The number of halogens is 3. The van der Waals surface area contributed by atoms with Crippen molar-refractivity contribution in [3.8, 4) is 0 Å². The van der Waals surface area contributed by atoms with Gasteiger partial charge in [0.15, 0.2) is 5.11 Å². The Hall–Kier alpha value is -1.57. The van der Waals surface area contributed by atoms with Crippen molar-refractivity contribution in [3.05, 3.63) is 23.9 Å². The fraction of sp³-hybridized carbons (Fsp3) is 0.667. The van der Waals surface area contributed by atoms with Crippen molar-refractivity contribution in [2.45, 2.75) is 44.8 Å². The van der Waals surface area contributed by atoms with Gasteiger partial charge in [-0.3, -0.25) is 4.90 Å².